The first-order valence-corrected chi connectivity index (χ1v) is 20.0. The summed E-state index contributed by atoms with van der Waals surface area (Å²) in [5, 5.41) is 8.53. The van der Waals surface area contributed by atoms with Gasteiger partial charge in [-0.15, -0.1) is 0 Å². The third-order valence-electron chi connectivity index (χ3n) is 11.7. The zero-order valence-electron chi connectivity index (χ0n) is 40.2. The molecule has 2 nitrogen and oxygen atoms in total. The molecule has 1 aromatic heterocycles. The van der Waals surface area contributed by atoms with Crippen molar-refractivity contribution >= 4 is 82.0 Å². The average Bonchev–Trinajstić information content (AvgIpc) is 3.71. The molecule has 0 unspecified atom stereocenters. The molecule has 11 aromatic carbocycles. The van der Waals surface area contributed by atoms with Gasteiger partial charge >= 0.3 is 0 Å². The highest BCUT2D eigenvalue weighted by Crippen LogP contribution is 2.47. The van der Waals surface area contributed by atoms with Gasteiger partial charge in [-0.1, -0.05) is 176 Å². The molecule has 0 N–H and O–H groups in total. The summed E-state index contributed by atoms with van der Waals surface area (Å²) in [6.45, 7) is 0. The first kappa shape index (κ1) is 26.9. The Bertz CT molecular complexity index is 3980. The lowest BCUT2D eigenvalue weighted by atomic mass is 9.85. The molecular formula is C58H38N2. The van der Waals surface area contributed by atoms with Crippen LogP contribution in [0.2, 0.25) is 0 Å². The zero-order chi connectivity index (χ0) is 46.5. The van der Waals surface area contributed by atoms with Crippen molar-refractivity contribution in [2.24, 2.45) is 0 Å². The van der Waals surface area contributed by atoms with Gasteiger partial charge in [-0.25, -0.2) is 0 Å². The molecule has 0 spiro atoms. The van der Waals surface area contributed by atoms with Gasteiger partial charge in [-0.05, 0) is 114 Å². The fourth-order valence-electron chi connectivity index (χ4n) is 9.11. The standard InChI is InChI=1S/C58H38N2/c1-2-16-39(17-3-1)57-52-26-10-7-21-47(52)48-22-8-11-27-53(48)58(57)40-30-32-42(33-31-40)59(56-38-41-18-4-5-19-45(41)46-20-6-9-23-49(46)56)43-34-36-44(37-35-43)60-54-28-14-12-24-50(54)51-25-13-15-29-55(51)60/h1-38H/i30D,31D,32D,33D,34D,35D,36D,37D. The molecule has 0 bridgehead atoms. The summed E-state index contributed by atoms with van der Waals surface area (Å²) >= 11 is 0. The maximum atomic E-state index is 10.1. The van der Waals surface area contributed by atoms with Gasteiger partial charge in [-0.2, -0.15) is 0 Å². The summed E-state index contributed by atoms with van der Waals surface area (Å²) in [5.74, 6) is 0. The van der Waals surface area contributed by atoms with E-state index in [1.165, 1.54) is 4.90 Å². The van der Waals surface area contributed by atoms with Crippen LogP contribution in [0.4, 0.5) is 17.1 Å². The number of hydrogen-bond acceptors (Lipinski definition) is 1. The van der Waals surface area contributed by atoms with Crippen molar-refractivity contribution in [1.82, 2.24) is 4.57 Å². The molecule has 0 aliphatic carbocycles. The number of benzene rings is 11. The summed E-state index contributed by atoms with van der Waals surface area (Å²) in [7, 11) is 0. The van der Waals surface area contributed by atoms with Crippen LogP contribution in [-0.4, -0.2) is 4.57 Å². The molecule has 0 saturated carbocycles. The number of aromatic nitrogens is 1. The van der Waals surface area contributed by atoms with Gasteiger partial charge in [0.15, 0.2) is 0 Å². The fraction of sp³-hybridized carbons (Fsp3) is 0. The third-order valence-corrected chi connectivity index (χ3v) is 11.7. The summed E-state index contributed by atoms with van der Waals surface area (Å²) < 4.78 is 81.6. The van der Waals surface area contributed by atoms with E-state index >= 15 is 0 Å². The Hall–Kier alpha value is -7.94. The molecule has 0 radical (unpaired) electrons. The van der Waals surface area contributed by atoms with E-state index in [4.69, 9.17) is 0 Å². The second kappa shape index (κ2) is 13.9. The van der Waals surface area contributed by atoms with Crippen LogP contribution in [-0.2, 0) is 0 Å². The Morgan fingerprint density at radius 2 is 0.750 bits per heavy atom. The Morgan fingerprint density at radius 3 is 1.33 bits per heavy atom. The Kier molecular flexibility index (Phi) is 6.21. The highest BCUT2D eigenvalue weighted by atomic mass is 15.1. The number of para-hydroxylation sites is 2. The fourth-order valence-corrected chi connectivity index (χ4v) is 9.11. The average molecular weight is 771 g/mol. The van der Waals surface area contributed by atoms with Gasteiger partial charge < -0.3 is 9.47 Å². The van der Waals surface area contributed by atoms with Crippen molar-refractivity contribution in [3.63, 3.8) is 0 Å². The Labute approximate surface area is 359 Å². The highest BCUT2D eigenvalue weighted by molar-refractivity contribution is 6.22. The molecule has 0 aliphatic heterocycles. The minimum atomic E-state index is -0.409. The molecular weight excluding hydrogens is 725 g/mol. The second-order valence-electron chi connectivity index (χ2n) is 15.0. The van der Waals surface area contributed by atoms with Gasteiger partial charge in [-0.3, -0.25) is 0 Å². The highest BCUT2D eigenvalue weighted by Gasteiger charge is 2.21. The van der Waals surface area contributed by atoms with E-state index in [0.29, 0.717) is 27.7 Å². The first-order valence-electron chi connectivity index (χ1n) is 24.0. The van der Waals surface area contributed by atoms with Crippen LogP contribution in [0.15, 0.2) is 230 Å². The smallest absolute Gasteiger partial charge is 0.0646 e. The van der Waals surface area contributed by atoms with E-state index in [1.807, 2.05) is 176 Å². The molecule has 0 atom stereocenters. The van der Waals surface area contributed by atoms with Crippen LogP contribution in [0.25, 0.3) is 92.8 Å². The zero-order valence-corrected chi connectivity index (χ0v) is 32.2. The van der Waals surface area contributed by atoms with E-state index in [-0.39, 0.29) is 46.8 Å². The van der Waals surface area contributed by atoms with Crippen molar-refractivity contribution in [2.75, 3.05) is 4.90 Å². The molecule has 0 amide bonds. The summed E-state index contributed by atoms with van der Waals surface area (Å²) in [5.41, 5.74) is 3.71. The molecule has 12 aromatic rings. The predicted molar refractivity (Wildman–Crippen MR) is 256 cm³/mol. The summed E-state index contributed by atoms with van der Waals surface area (Å²) in [6.07, 6.45) is 0. The van der Waals surface area contributed by atoms with Crippen LogP contribution >= 0.6 is 0 Å². The maximum Gasteiger partial charge on any atom is 0.0646 e. The maximum absolute atomic E-state index is 10.1. The van der Waals surface area contributed by atoms with E-state index in [0.717, 1.165) is 59.6 Å². The Balaban J connectivity index is 1.20. The lowest BCUT2D eigenvalue weighted by Gasteiger charge is -2.28. The van der Waals surface area contributed by atoms with Gasteiger partial charge in [0.1, 0.15) is 0 Å². The molecule has 12 rings (SSSR count). The number of nitrogens with zero attached hydrogens (tertiary/aromatic N) is 2. The normalized spacial score (nSPS) is 13.5. The van der Waals surface area contributed by atoms with Crippen LogP contribution in [0.5, 0.6) is 0 Å². The van der Waals surface area contributed by atoms with Crippen molar-refractivity contribution < 1.29 is 11.0 Å². The largest absolute Gasteiger partial charge is 0.310 e. The van der Waals surface area contributed by atoms with E-state index in [2.05, 4.69) is 6.07 Å². The van der Waals surface area contributed by atoms with E-state index in [1.54, 1.807) is 4.57 Å². The molecule has 2 heteroatoms. The van der Waals surface area contributed by atoms with Crippen LogP contribution in [0.1, 0.15) is 11.0 Å². The molecule has 1 heterocycles. The molecule has 0 aliphatic rings. The minimum Gasteiger partial charge on any atom is -0.310 e. The number of anilines is 3. The van der Waals surface area contributed by atoms with Gasteiger partial charge in [0, 0.05) is 33.2 Å². The number of rotatable bonds is 6. The second-order valence-corrected chi connectivity index (χ2v) is 15.0. The topological polar surface area (TPSA) is 8.17 Å². The monoisotopic (exact) mass is 770 g/mol. The SMILES string of the molecule is [2H]c1c([2H])c(N(c2c([2H])c([2H])c(-n3c4ccccc4c4ccccc43)c([2H])c2[2H])c2cc3ccccc3c3ccccc23)c([2H])c([2H])c1-c1c(-c2ccccc2)c2ccccc2c2ccccc12. The van der Waals surface area contributed by atoms with Gasteiger partial charge in [0.05, 0.1) is 27.7 Å². The third kappa shape index (κ3) is 5.35. The molecule has 0 fully saturated rings. The number of hydrogen-bond donors (Lipinski definition) is 0. The van der Waals surface area contributed by atoms with Crippen LogP contribution < -0.4 is 4.90 Å². The van der Waals surface area contributed by atoms with Crippen LogP contribution in [0.3, 0.4) is 0 Å². The van der Waals surface area contributed by atoms with Crippen molar-refractivity contribution in [3.8, 4) is 27.9 Å². The van der Waals surface area contributed by atoms with Crippen molar-refractivity contribution in [3.05, 3.63) is 230 Å². The van der Waals surface area contributed by atoms with Gasteiger partial charge in [0.25, 0.3) is 0 Å². The minimum absolute atomic E-state index is 0.0518. The van der Waals surface area contributed by atoms with Gasteiger partial charge in [0.2, 0.25) is 0 Å². The van der Waals surface area contributed by atoms with Crippen molar-refractivity contribution in [1.29, 1.82) is 0 Å². The predicted octanol–water partition coefficient (Wildman–Crippen LogP) is 16.2. The van der Waals surface area contributed by atoms with Crippen molar-refractivity contribution in [2.45, 2.75) is 0 Å². The van der Waals surface area contributed by atoms with Crippen LogP contribution in [0, 0.1) is 0 Å². The molecule has 0 saturated heterocycles. The first-order chi connectivity index (χ1) is 33.2. The summed E-state index contributed by atoms with van der Waals surface area (Å²) in [6, 6.07) is 55.4. The quantitative estimate of drug-likeness (QED) is 0.153. The van der Waals surface area contributed by atoms with E-state index in [9.17, 15) is 11.0 Å². The summed E-state index contributed by atoms with van der Waals surface area (Å²) in [4.78, 5) is 1.44. The molecule has 280 valence electrons. The lowest BCUT2D eigenvalue weighted by Crippen LogP contribution is -2.11. The number of fused-ring (bicyclic) bond motifs is 9. The van der Waals surface area contributed by atoms with E-state index < -0.39 is 24.2 Å². The lowest BCUT2D eigenvalue weighted by molar-refractivity contribution is 1.17. The molecule has 60 heavy (non-hydrogen) atoms. The Morgan fingerprint density at radius 1 is 0.333 bits per heavy atom.